The molecule has 6 heteroatoms. The van der Waals surface area contributed by atoms with Gasteiger partial charge in [-0.2, -0.15) is 0 Å². The van der Waals surface area contributed by atoms with Crippen LogP contribution in [0.1, 0.15) is 60.1 Å². The maximum Gasteiger partial charge on any atom is 0.0827 e. The van der Waals surface area contributed by atoms with Gasteiger partial charge in [-0.3, -0.25) is 0 Å². The van der Waals surface area contributed by atoms with E-state index in [0.717, 1.165) is 38.1 Å². The zero-order valence-electron chi connectivity index (χ0n) is 17.7. The van der Waals surface area contributed by atoms with Crippen LogP contribution in [0.2, 0.25) is 0 Å². The number of hydrogen-bond donors (Lipinski definition) is 0. The molecule has 1 rings (SSSR count). The minimum atomic E-state index is 0.324. The highest BCUT2D eigenvalue weighted by Crippen LogP contribution is 2.20. The summed E-state index contributed by atoms with van der Waals surface area (Å²) in [5, 5.41) is 8.37. The van der Waals surface area contributed by atoms with Crippen LogP contribution in [0.5, 0.6) is 0 Å². The lowest BCUT2D eigenvalue weighted by Gasteiger charge is -2.17. The molecule has 0 aliphatic heterocycles. The Kier molecular flexibility index (Phi) is 10.4. The Morgan fingerprint density at radius 2 is 1.31 bits per heavy atom. The van der Waals surface area contributed by atoms with Crippen LogP contribution in [0.25, 0.3) is 0 Å². The fraction of sp³-hybridized carbons (Fsp3) is 0.900. The lowest BCUT2D eigenvalue weighted by atomic mass is 9.90. The molecule has 0 radical (unpaired) electrons. The second kappa shape index (κ2) is 11.7. The number of ether oxygens (including phenoxy) is 3. The highest BCUT2D eigenvalue weighted by Gasteiger charge is 2.11. The fourth-order valence-corrected chi connectivity index (χ4v) is 2.14. The number of aryl methyl sites for hydroxylation is 1. The van der Waals surface area contributed by atoms with E-state index < -0.39 is 0 Å². The number of rotatable bonds is 13. The van der Waals surface area contributed by atoms with Crippen molar-refractivity contribution in [3.8, 4) is 0 Å². The van der Waals surface area contributed by atoms with Crippen LogP contribution in [0.4, 0.5) is 0 Å². The molecule has 0 spiro atoms. The van der Waals surface area contributed by atoms with Crippen LogP contribution < -0.4 is 0 Å². The molecule has 1 heterocycles. The van der Waals surface area contributed by atoms with E-state index in [1.165, 1.54) is 0 Å². The van der Waals surface area contributed by atoms with Crippen LogP contribution in [-0.4, -0.2) is 54.6 Å². The molecule has 152 valence electrons. The summed E-state index contributed by atoms with van der Waals surface area (Å²) in [6.07, 6.45) is 5.16. The summed E-state index contributed by atoms with van der Waals surface area (Å²) in [6, 6.07) is 0. The topological polar surface area (TPSA) is 58.4 Å². The number of nitrogens with zero attached hydrogens (tertiary/aromatic N) is 3. The predicted molar refractivity (Wildman–Crippen MR) is 104 cm³/mol. The third kappa shape index (κ3) is 13.3. The first-order valence-electron chi connectivity index (χ1n) is 9.78. The summed E-state index contributed by atoms with van der Waals surface area (Å²) >= 11 is 0. The maximum atomic E-state index is 5.58. The molecule has 0 aliphatic carbocycles. The van der Waals surface area contributed by atoms with Crippen molar-refractivity contribution in [1.29, 1.82) is 0 Å². The van der Waals surface area contributed by atoms with Crippen molar-refractivity contribution in [2.75, 3.05) is 39.6 Å². The van der Waals surface area contributed by atoms with Crippen LogP contribution in [0, 0.1) is 10.8 Å². The van der Waals surface area contributed by atoms with Crippen LogP contribution in [0.15, 0.2) is 6.20 Å². The Bertz CT molecular complexity index is 475. The number of hydrogen-bond acceptors (Lipinski definition) is 5. The average molecular weight is 370 g/mol. The highest BCUT2D eigenvalue weighted by molar-refractivity contribution is 4.93. The molecule has 26 heavy (non-hydrogen) atoms. The first kappa shape index (κ1) is 23.1. The van der Waals surface area contributed by atoms with Crippen molar-refractivity contribution in [2.45, 2.75) is 67.3 Å². The van der Waals surface area contributed by atoms with Crippen molar-refractivity contribution in [1.82, 2.24) is 15.0 Å². The third-order valence-corrected chi connectivity index (χ3v) is 3.92. The van der Waals surface area contributed by atoms with Gasteiger partial charge in [0.1, 0.15) is 0 Å². The quantitative estimate of drug-likeness (QED) is 0.496. The molecule has 1 aromatic heterocycles. The molecule has 0 aliphatic rings. The SMILES string of the molecule is CC(C)(C)CCOCCOCCOCCn1cc(CCC(C)(C)C)nn1. The van der Waals surface area contributed by atoms with Gasteiger partial charge < -0.3 is 14.2 Å². The van der Waals surface area contributed by atoms with Crippen molar-refractivity contribution >= 4 is 0 Å². The fourth-order valence-electron chi connectivity index (χ4n) is 2.14. The first-order chi connectivity index (χ1) is 12.2. The van der Waals surface area contributed by atoms with E-state index in [9.17, 15) is 0 Å². The van der Waals surface area contributed by atoms with Crippen molar-refractivity contribution in [3.63, 3.8) is 0 Å². The minimum Gasteiger partial charge on any atom is -0.379 e. The molecular formula is C20H39N3O3. The Hall–Kier alpha value is -0.980. The normalized spacial score (nSPS) is 12.7. The van der Waals surface area contributed by atoms with Crippen LogP contribution in [-0.2, 0) is 27.2 Å². The summed E-state index contributed by atoms with van der Waals surface area (Å²) in [5.74, 6) is 0. The standard InChI is InChI=1S/C20H39N3O3/c1-19(2,3)8-7-18-17-23(22-21-18)10-12-25-14-16-26-15-13-24-11-9-20(4,5)6/h17H,7-16H2,1-6H3. The summed E-state index contributed by atoms with van der Waals surface area (Å²) in [4.78, 5) is 0. The van der Waals surface area contributed by atoms with Crippen molar-refractivity contribution in [2.24, 2.45) is 10.8 Å². The van der Waals surface area contributed by atoms with E-state index in [0.29, 0.717) is 43.9 Å². The van der Waals surface area contributed by atoms with E-state index in [4.69, 9.17) is 14.2 Å². The molecule has 0 unspecified atom stereocenters. The smallest absolute Gasteiger partial charge is 0.0827 e. The molecule has 0 amide bonds. The molecule has 0 fully saturated rings. The van der Waals surface area contributed by atoms with Crippen molar-refractivity contribution < 1.29 is 14.2 Å². The summed E-state index contributed by atoms with van der Waals surface area (Å²) < 4.78 is 18.5. The van der Waals surface area contributed by atoms with Gasteiger partial charge in [0.05, 0.1) is 45.3 Å². The van der Waals surface area contributed by atoms with Gasteiger partial charge in [0.25, 0.3) is 0 Å². The Labute approximate surface area is 159 Å². The highest BCUT2D eigenvalue weighted by atomic mass is 16.5. The third-order valence-electron chi connectivity index (χ3n) is 3.92. The van der Waals surface area contributed by atoms with Gasteiger partial charge in [0, 0.05) is 12.8 Å². The first-order valence-corrected chi connectivity index (χ1v) is 9.78. The van der Waals surface area contributed by atoms with E-state index in [-0.39, 0.29) is 0 Å². The molecule has 0 saturated carbocycles. The summed E-state index contributed by atoms with van der Waals surface area (Å²) in [7, 11) is 0. The van der Waals surface area contributed by atoms with Gasteiger partial charge in [-0.15, -0.1) is 5.10 Å². The Balaban J connectivity index is 1.94. The molecule has 0 saturated heterocycles. The molecule has 0 atom stereocenters. The molecule has 0 aromatic carbocycles. The lowest BCUT2D eigenvalue weighted by molar-refractivity contribution is 0.00881. The number of aromatic nitrogens is 3. The Morgan fingerprint density at radius 3 is 1.88 bits per heavy atom. The van der Waals surface area contributed by atoms with Gasteiger partial charge in [0.15, 0.2) is 0 Å². The zero-order valence-corrected chi connectivity index (χ0v) is 17.7. The maximum absolute atomic E-state index is 5.58. The molecule has 1 aromatic rings. The van der Waals surface area contributed by atoms with Gasteiger partial charge in [-0.1, -0.05) is 46.8 Å². The van der Waals surface area contributed by atoms with Gasteiger partial charge in [-0.25, -0.2) is 4.68 Å². The van der Waals surface area contributed by atoms with Gasteiger partial charge >= 0.3 is 0 Å². The van der Waals surface area contributed by atoms with E-state index in [1.54, 1.807) is 0 Å². The van der Waals surface area contributed by atoms with Crippen molar-refractivity contribution in [3.05, 3.63) is 11.9 Å². The van der Waals surface area contributed by atoms with Gasteiger partial charge in [-0.05, 0) is 30.1 Å². The zero-order chi connectivity index (χ0) is 19.5. The second-order valence-corrected chi connectivity index (χ2v) is 9.18. The van der Waals surface area contributed by atoms with E-state index in [2.05, 4.69) is 51.9 Å². The lowest BCUT2D eigenvalue weighted by Crippen LogP contribution is -2.14. The van der Waals surface area contributed by atoms with Crippen LogP contribution >= 0.6 is 0 Å². The molecule has 0 N–H and O–H groups in total. The predicted octanol–water partition coefficient (Wildman–Crippen LogP) is 3.74. The second-order valence-electron chi connectivity index (χ2n) is 9.18. The molecule has 6 nitrogen and oxygen atoms in total. The molecular weight excluding hydrogens is 330 g/mol. The monoisotopic (exact) mass is 369 g/mol. The van der Waals surface area contributed by atoms with Gasteiger partial charge in [0.2, 0.25) is 0 Å². The Morgan fingerprint density at radius 1 is 0.769 bits per heavy atom. The summed E-state index contributed by atoms with van der Waals surface area (Å²) in [6.45, 7) is 18.0. The van der Waals surface area contributed by atoms with E-state index >= 15 is 0 Å². The van der Waals surface area contributed by atoms with E-state index in [1.807, 2.05) is 10.9 Å². The van der Waals surface area contributed by atoms with Crippen LogP contribution in [0.3, 0.4) is 0 Å². The average Bonchev–Trinajstić information content (AvgIpc) is 2.97. The molecule has 0 bridgehead atoms. The minimum absolute atomic E-state index is 0.324. The largest absolute Gasteiger partial charge is 0.379 e. The summed E-state index contributed by atoms with van der Waals surface area (Å²) in [5.41, 5.74) is 1.70.